The molecule has 6 heteroatoms. The first kappa shape index (κ1) is 17.5. The molecular weight excluding hydrogens is 294 g/mol. The normalized spacial score (nSPS) is 23.0. The molecular formula is C17H27N3O3. The lowest BCUT2D eigenvalue weighted by molar-refractivity contribution is -0.147. The minimum Gasteiger partial charge on any atom is -0.469 e. The monoisotopic (exact) mass is 321 g/mol. The number of amides is 1. The first-order valence-corrected chi connectivity index (χ1v) is 8.35. The molecule has 0 unspecified atom stereocenters. The molecule has 1 amide bonds. The van der Waals surface area contributed by atoms with Crippen LogP contribution < -0.4 is 5.32 Å². The van der Waals surface area contributed by atoms with Gasteiger partial charge in [0.1, 0.15) is 0 Å². The van der Waals surface area contributed by atoms with E-state index in [9.17, 15) is 9.59 Å². The fourth-order valence-corrected chi connectivity index (χ4v) is 3.55. The molecule has 23 heavy (non-hydrogen) atoms. The summed E-state index contributed by atoms with van der Waals surface area (Å²) >= 11 is 0. The summed E-state index contributed by atoms with van der Waals surface area (Å²) in [5.41, 5.74) is 2.69. The lowest BCUT2D eigenvalue weighted by Crippen LogP contribution is -2.44. The predicted molar refractivity (Wildman–Crippen MR) is 87.0 cm³/mol. The molecule has 1 heterocycles. The minimum atomic E-state index is -0.296. The Kier molecular flexibility index (Phi) is 5.80. The Hall–Kier alpha value is -1.85. The summed E-state index contributed by atoms with van der Waals surface area (Å²) in [6.07, 6.45) is 4.71. The first-order valence-electron chi connectivity index (χ1n) is 8.35. The topological polar surface area (TPSA) is 84.1 Å². The molecule has 0 aromatic carbocycles. The van der Waals surface area contributed by atoms with Crippen molar-refractivity contribution in [2.45, 2.75) is 64.8 Å². The van der Waals surface area contributed by atoms with Gasteiger partial charge in [0.05, 0.1) is 24.6 Å². The van der Waals surface area contributed by atoms with E-state index >= 15 is 0 Å². The highest BCUT2D eigenvalue weighted by Crippen LogP contribution is 2.27. The number of rotatable bonds is 4. The van der Waals surface area contributed by atoms with E-state index in [1.54, 1.807) is 0 Å². The highest BCUT2D eigenvalue weighted by molar-refractivity contribution is 5.85. The number of carbonyl (C=O) groups excluding carboxylic acids is 2. The summed E-state index contributed by atoms with van der Waals surface area (Å²) in [5, 5.41) is 10.2. The van der Waals surface area contributed by atoms with Crippen molar-refractivity contribution in [3.8, 4) is 0 Å². The van der Waals surface area contributed by atoms with Crippen molar-refractivity contribution in [3.63, 3.8) is 0 Å². The van der Waals surface area contributed by atoms with E-state index in [1.807, 2.05) is 20.8 Å². The zero-order chi connectivity index (χ0) is 17.0. The number of esters is 1. The standard InChI is InChI=1S/C17H27N3O3/c1-10(15-11(2)19-20-12(15)3)16(21)18-14-9-7-5-6-8-13(14)17(22)23-4/h10,13-14H,5-9H2,1-4H3,(H,18,21)(H,19,20)/t10-,13+,14+/m0/s1. The highest BCUT2D eigenvalue weighted by atomic mass is 16.5. The average Bonchev–Trinajstić information content (AvgIpc) is 2.74. The SMILES string of the molecule is COC(=O)[C@@H]1CCCCC[C@H]1NC(=O)[C@@H](C)c1c(C)n[nH]c1C. The van der Waals surface area contributed by atoms with Crippen molar-refractivity contribution in [3.05, 3.63) is 17.0 Å². The molecule has 6 nitrogen and oxygen atoms in total. The number of aromatic amines is 1. The second-order valence-electron chi connectivity index (χ2n) is 6.45. The molecule has 0 aliphatic heterocycles. The molecule has 1 aromatic rings. The second kappa shape index (κ2) is 7.62. The number of carbonyl (C=O) groups is 2. The van der Waals surface area contributed by atoms with Gasteiger partial charge < -0.3 is 10.1 Å². The van der Waals surface area contributed by atoms with Gasteiger partial charge in [0.25, 0.3) is 0 Å². The zero-order valence-electron chi connectivity index (χ0n) is 14.4. The number of H-pyrrole nitrogens is 1. The van der Waals surface area contributed by atoms with E-state index in [2.05, 4.69) is 15.5 Å². The Bertz CT molecular complexity index is 548. The van der Waals surface area contributed by atoms with Crippen molar-refractivity contribution < 1.29 is 14.3 Å². The van der Waals surface area contributed by atoms with Gasteiger partial charge in [-0.05, 0) is 33.6 Å². The van der Waals surface area contributed by atoms with Gasteiger partial charge in [-0.15, -0.1) is 0 Å². The van der Waals surface area contributed by atoms with Gasteiger partial charge >= 0.3 is 5.97 Å². The van der Waals surface area contributed by atoms with Crippen LogP contribution in [0.15, 0.2) is 0 Å². The summed E-state index contributed by atoms with van der Waals surface area (Å²) < 4.78 is 4.92. The molecule has 128 valence electrons. The lowest BCUT2D eigenvalue weighted by atomic mass is 9.92. The molecule has 0 radical (unpaired) electrons. The third-order valence-electron chi connectivity index (χ3n) is 4.86. The van der Waals surface area contributed by atoms with Crippen LogP contribution in [0.25, 0.3) is 0 Å². The summed E-state index contributed by atoms with van der Waals surface area (Å²) in [6, 6.07) is -0.146. The first-order chi connectivity index (χ1) is 11.0. The third kappa shape index (κ3) is 3.92. The minimum absolute atomic E-state index is 0.0570. The molecule has 2 N–H and O–H groups in total. The Morgan fingerprint density at radius 1 is 1.26 bits per heavy atom. The predicted octanol–water partition coefficient (Wildman–Crippen LogP) is 2.37. The third-order valence-corrected chi connectivity index (χ3v) is 4.86. The van der Waals surface area contributed by atoms with Crippen molar-refractivity contribution in [1.29, 1.82) is 0 Å². The van der Waals surface area contributed by atoms with E-state index < -0.39 is 0 Å². The molecule has 2 rings (SSSR count). The van der Waals surface area contributed by atoms with Gasteiger partial charge in [-0.3, -0.25) is 14.7 Å². The van der Waals surface area contributed by atoms with Gasteiger partial charge in [-0.1, -0.05) is 19.3 Å². The van der Waals surface area contributed by atoms with E-state index in [0.717, 1.165) is 49.1 Å². The number of ether oxygens (including phenoxy) is 1. The van der Waals surface area contributed by atoms with E-state index in [4.69, 9.17) is 4.74 Å². The lowest BCUT2D eigenvalue weighted by Gasteiger charge is -2.25. The number of aromatic nitrogens is 2. The van der Waals surface area contributed by atoms with Gasteiger partial charge in [0.15, 0.2) is 0 Å². The van der Waals surface area contributed by atoms with Crippen LogP contribution in [0, 0.1) is 19.8 Å². The van der Waals surface area contributed by atoms with Crippen LogP contribution >= 0.6 is 0 Å². The molecule has 0 bridgehead atoms. The molecule has 1 aromatic heterocycles. The van der Waals surface area contributed by atoms with Gasteiger partial charge in [-0.2, -0.15) is 5.10 Å². The molecule has 3 atom stereocenters. The van der Waals surface area contributed by atoms with Crippen molar-refractivity contribution in [1.82, 2.24) is 15.5 Å². The second-order valence-corrected chi connectivity index (χ2v) is 6.45. The smallest absolute Gasteiger partial charge is 0.310 e. The number of nitrogens with zero attached hydrogens (tertiary/aromatic N) is 1. The number of hydrogen-bond donors (Lipinski definition) is 2. The molecule has 0 spiro atoms. The van der Waals surface area contributed by atoms with E-state index in [0.29, 0.717) is 0 Å². The van der Waals surface area contributed by atoms with Crippen molar-refractivity contribution in [2.75, 3.05) is 7.11 Å². The summed E-state index contributed by atoms with van der Waals surface area (Å²) in [5.74, 6) is -0.820. The summed E-state index contributed by atoms with van der Waals surface area (Å²) in [6.45, 7) is 5.69. The maximum absolute atomic E-state index is 12.7. The highest BCUT2D eigenvalue weighted by Gasteiger charge is 2.33. The molecule has 1 fully saturated rings. The number of aryl methyl sites for hydroxylation is 2. The van der Waals surface area contributed by atoms with Crippen molar-refractivity contribution in [2.24, 2.45) is 5.92 Å². The Labute approximate surface area is 137 Å². The van der Waals surface area contributed by atoms with Crippen molar-refractivity contribution >= 4 is 11.9 Å². The van der Waals surface area contributed by atoms with Crippen LogP contribution in [0.2, 0.25) is 0 Å². The summed E-state index contributed by atoms with van der Waals surface area (Å²) in [7, 11) is 1.41. The maximum Gasteiger partial charge on any atom is 0.310 e. The molecule has 0 saturated heterocycles. The quantitative estimate of drug-likeness (QED) is 0.658. The van der Waals surface area contributed by atoms with Gasteiger partial charge in [-0.25, -0.2) is 0 Å². The average molecular weight is 321 g/mol. The van der Waals surface area contributed by atoms with Crippen LogP contribution in [0.1, 0.15) is 61.9 Å². The fraction of sp³-hybridized carbons (Fsp3) is 0.706. The summed E-state index contributed by atoms with van der Waals surface area (Å²) in [4.78, 5) is 24.7. The Balaban J connectivity index is 2.11. The number of hydrogen-bond acceptors (Lipinski definition) is 4. The molecule has 1 saturated carbocycles. The number of nitrogens with one attached hydrogen (secondary N) is 2. The number of methoxy groups -OCH3 is 1. The van der Waals surface area contributed by atoms with Crippen LogP contribution in [0.5, 0.6) is 0 Å². The maximum atomic E-state index is 12.7. The van der Waals surface area contributed by atoms with E-state index in [-0.39, 0.29) is 29.8 Å². The van der Waals surface area contributed by atoms with Crippen LogP contribution in [-0.2, 0) is 14.3 Å². The van der Waals surface area contributed by atoms with Gasteiger partial charge in [0.2, 0.25) is 5.91 Å². The largest absolute Gasteiger partial charge is 0.469 e. The van der Waals surface area contributed by atoms with Gasteiger partial charge in [0, 0.05) is 17.3 Å². The van der Waals surface area contributed by atoms with Crippen LogP contribution in [-0.4, -0.2) is 35.2 Å². The van der Waals surface area contributed by atoms with E-state index in [1.165, 1.54) is 7.11 Å². The Morgan fingerprint density at radius 3 is 2.57 bits per heavy atom. The Morgan fingerprint density at radius 2 is 1.96 bits per heavy atom. The van der Waals surface area contributed by atoms with Crippen LogP contribution in [0.4, 0.5) is 0 Å². The molecule has 1 aliphatic rings. The molecule has 1 aliphatic carbocycles. The van der Waals surface area contributed by atoms with Crippen LogP contribution in [0.3, 0.4) is 0 Å². The fourth-order valence-electron chi connectivity index (χ4n) is 3.55. The zero-order valence-corrected chi connectivity index (χ0v) is 14.4.